The third-order valence-corrected chi connectivity index (χ3v) is 4.62. The van der Waals surface area contributed by atoms with Gasteiger partial charge < -0.3 is 9.47 Å². The fourth-order valence-corrected chi connectivity index (χ4v) is 3.18. The van der Waals surface area contributed by atoms with Crippen LogP contribution in [-0.2, 0) is 12.8 Å². The van der Waals surface area contributed by atoms with Crippen molar-refractivity contribution >= 4 is 11.4 Å². The number of nitro groups is 1. The van der Waals surface area contributed by atoms with Crippen LogP contribution in [0.15, 0.2) is 36.4 Å². The van der Waals surface area contributed by atoms with Crippen LogP contribution in [0, 0.1) is 10.1 Å². The summed E-state index contributed by atoms with van der Waals surface area (Å²) in [5.74, 6) is 1.44. The van der Waals surface area contributed by atoms with Crippen LogP contribution in [0.3, 0.4) is 0 Å². The highest BCUT2D eigenvalue weighted by molar-refractivity contribution is 6.00. The van der Waals surface area contributed by atoms with Crippen LogP contribution in [-0.4, -0.2) is 43.0 Å². The van der Waals surface area contributed by atoms with Gasteiger partial charge in [0.25, 0.3) is 5.69 Å². The molecule has 0 atom stereocenters. The summed E-state index contributed by atoms with van der Waals surface area (Å²) >= 11 is 0. The maximum atomic E-state index is 10.8. The van der Waals surface area contributed by atoms with Gasteiger partial charge in [0, 0.05) is 24.1 Å². The predicted octanol–water partition coefficient (Wildman–Crippen LogP) is 2.84. The molecule has 130 valence electrons. The molecule has 6 heteroatoms. The van der Waals surface area contributed by atoms with Crippen LogP contribution in [0.4, 0.5) is 5.69 Å². The van der Waals surface area contributed by atoms with Gasteiger partial charge in [-0.3, -0.25) is 10.1 Å². The third-order valence-electron chi connectivity index (χ3n) is 4.62. The van der Waals surface area contributed by atoms with Crippen molar-refractivity contribution in [1.29, 1.82) is 0 Å². The Bertz CT molecular complexity index is 841. The molecule has 0 N–H and O–H groups in total. The minimum Gasteiger partial charge on any atom is -0.493 e. The second-order valence-corrected chi connectivity index (χ2v) is 6.08. The lowest BCUT2D eigenvalue weighted by atomic mass is 9.92. The number of methoxy groups -OCH3 is 2. The number of likely N-dealkylation sites (N-methyl/N-ethyl adjacent to an activating group) is 1. The first kappa shape index (κ1) is 17.0. The van der Waals surface area contributed by atoms with Crippen LogP contribution >= 0.6 is 0 Å². The fraction of sp³-hybridized carbons (Fsp3) is 0.316. The zero-order chi connectivity index (χ0) is 18.0. The second kappa shape index (κ2) is 6.93. The van der Waals surface area contributed by atoms with Crippen molar-refractivity contribution in [3.05, 3.63) is 63.2 Å². The summed E-state index contributed by atoms with van der Waals surface area (Å²) in [4.78, 5) is 10.4. The molecular weight excluding hydrogens is 320 g/mol. The summed E-state index contributed by atoms with van der Waals surface area (Å²) in [5, 5.41) is 10.8. The lowest BCUT2D eigenvalue weighted by molar-refractivity contribution is -0.498. The minimum atomic E-state index is -0.379. The van der Waals surface area contributed by atoms with Gasteiger partial charge in [0.15, 0.2) is 17.2 Å². The number of hydrogen-bond donors (Lipinski definition) is 0. The molecular formula is C19H21N2O4+. The Labute approximate surface area is 146 Å². The van der Waals surface area contributed by atoms with E-state index in [0.29, 0.717) is 12.2 Å². The Balaban J connectivity index is 1.97. The van der Waals surface area contributed by atoms with Crippen molar-refractivity contribution < 1.29 is 19.0 Å². The first-order chi connectivity index (χ1) is 12.0. The van der Waals surface area contributed by atoms with Gasteiger partial charge in [0.1, 0.15) is 13.6 Å². The Kier molecular flexibility index (Phi) is 4.70. The fourth-order valence-electron chi connectivity index (χ4n) is 3.18. The summed E-state index contributed by atoms with van der Waals surface area (Å²) in [7, 11) is 5.34. The molecule has 0 aromatic heterocycles. The monoisotopic (exact) mass is 341 g/mol. The van der Waals surface area contributed by atoms with Gasteiger partial charge in [0.2, 0.25) is 0 Å². The molecule has 25 heavy (non-hydrogen) atoms. The molecule has 6 nitrogen and oxygen atoms in total. The average molecular weight is 341 g/mol. The zero-order valence-corrected chi connectivity index (χ0v) is 14.6. The van der Waals surface area contributed by atoms with Crippen molar-refractivity contribution in [3.8, 4) is 11.5 Å². The SMILES string of the molecule is COc1cc2c(cc1OC)C(Cc1ccc([N+](=O)[O-])cc1)=[N+](C)CC2. The number of non-ortho nitro benzene ring substituents is 1. The molecule has 0 spiro atoms. The van der Waals surface area contributed by atoms with Gasteiger partial charge in [0.05, 0.1) is 25.6 Å². The van der Waals surface area contributed by atoms with Crippen LogP contribution in [0.2, 0.25) is 0 Å². The molecule has 0 fully saturated rings. The van der Waals surface area contributed by atoms with E-state index in [1.807, 2.05) is 24.3 Å². The maximum Gasteiger partial charge on any atom is 0.269 e. The lowest BCUT2D eigenvalue weighted by Crippen LogP contribution is -2.29. The van der Waals surface area contributed by atoms with Gasteiger partial charge in [-0.25, -0.2) is 4.58 Å². The number of benzene rings is 2. The number of rotatable bonds is 5. The summed E-state index contributed by atoms with van der Waals surface area (Å²) in [6.45, 7) is 0.921. The first-order valence-corrected chi connectivity index (χ1v) is 8.09. The quantitative estimate of drug-likeness (QED) is 0.476. The zero-order valence-electron chi connectivity index (χ0n) is 14.6. The molecule has 2 aromatic carbocycles. The van der Waals surface area contributed by atoms with Gasteiger partial charge in [-0.05, 0) is 23.3 Å². The van der Waals surface area contributed by atoms with Crippen LogP contribution in [0.25, 0.3) is 0 Å². The normalized spacial score (nSPS) is 13.4. The third kappa shape index (κ3) is 3.33. The van der Waals surface area contributed by atoms with E-state index in [1.165, 1.54) is 11.3 Å². The largest absolute Gasteiger partial charge is 0.493 e. The number of nitro benzene ring substituents is 1. The van der Waals surface area contributed by atoms with Gasteiger partial charge in [-0.15, -0.1) is 0 Å². The molecule has 0 saturated heterocycles. The predicted molar refractivity (Wildman–Crippen MR) is 95.2 cm³/mol. The second-order valence-electron chi connectivity index (χ2n) is 6.08. The van der Waals surface area contributed by atoms with Crippen LogP contribution in [0.5, 0.6) is 11.5 Å². The van der Waals surface area contributed by atoms with Crippen molar-refractivity contribution in [3.63, 3.8) is 0 Å². The number of nitrogens with zero attached hydrogens (tertiary/aromatic N) is 2. The van der Waals surface area contributed by atoms with Gasteiger partial charge in [-0.2, -0.15) is 0 Å². The van der Waals surface area contributed by atoms with Gasteiger partial charge >= 0.3 is 0 Å². The smallest absolute Gasteiger partial charge is 0.269 e. The summed E-state index contributed by atoms with van der Waals surface area (Å²) < 4.78 is 13.1. The Morgan fingerprint density at radius 3 is 2.36 bits per heavy atom. The molecule has 2 aromatic rings. The van der Waals surface area contributed by atoms with Crippen LogP contribution < -0.4 is 9.47 Å². The topological polar surface area (TPSA) is 64.6 Å². The molecule has 0 unspecified atom stereocenters. The minimum absolute atomic E-state index is 0.109. The van der Waals surface area contributed by atoms with Crippen molar-refractivity contribution in [2.24, 2.45) is 0 Å². The first-order valence-electron chi connectivity index (χ1n) is 8.09. The van der Waals surface area contributed by atoms with Crippen molar-refractivity contribution in [2.45, 2.75) is 12.8 Å². The Hall–Kier alpha value is -2.89. The van der Waals surface area contributed by atoms with Crippen LogP contribution in [0.1, 0.15) is 16.7 Å². The van der Waals surface area contributed by atoms with Crippen molar-refractivity contribution in [1.82, 2.24) is 0 Å². The van der Waals surface area contributed by atoms with E-state index in [4.69, 9.17) is 9.47 Å². The number of ether oxygens (including phenoxy) is 2. The van der Waals surface area contributed by atoms with E-state index in [0.717, 1.165) is 29.8 Å². The van der Waals surface area contributed by atoms with Crippen molar-refractivity contribution in [2.75, 3.05) is 27.8 Å². The molecule has 1 heterocycles. The molecule has 1 aliphatic rings. The maximum absolute atomic E-state index is 10.8. The number of hydrogen-bond acceptors (Lipinski definition) is 4. The molecule has 1 aliphatic heterocycles. The molecule has 0 radical (unpaired) electrons. The molecule has 0 bridgehead atoms. The molecule has 3 rings (SSSR count). The summed E-state index contributed by atoms with van der Waals surface area (Å²) in [5.41, 5.74) is 4.70. The average Bonchev–Trinajstić information content (AvgIpc) is 2.63. The molecule has 0 aliphatic carbocycles. The van der Waals surface area contributed by atoms with Gasteiger partial charge in [-0.1, -0.05) is 12.1 Å². The highest BCUT2D eigenvalue weighted by atomic mass is 16.6. The van der Waals surface area contributed by atoms with E-state index in [2.05, 4.69) is 11.6 Å². The highest BCUT2D eigenvalue weighted by Crippen LogP contribution is 2.33. The number of fused-ring (bicyclic) bond motifs is 1. The highest BCUT2D eigenvalue weighted by Gasteiger charge is 2.26. The standard InChI is InChI=1S/C19H21N2O4/c1-20-9-8-14-11-18(24-2)19(25-3)12-16(14)17(20)10-13-4-6-15(7-5-13)21(22)23/h4-7,11-12H,8-10H2,1-3H3/q+1. The Morgan fingerprint density at radius 2 is 1.76 bits per heavy atom. The molecule has 0 amide bonds. The van der Waals surface area contributed by atoms with E-state index < -0.39 is 0 Å². The van der Waals surface area contributed by atoms with E-state index in [1.54, 1.807) is 26.4 Å². The van der Waals surface area contributed by atoms with E-state index in [-0.39, 0.29) is 10.6 Å². The Morgan fingerprint density at radius 1 is 1.12 bits per heavy atom. The van der Waals surface area contributed by atoms with E-state index in [9.17, 15) is 10.1 Å². The summed E-state index contributed by atoms with van der Waals surface area (Å²) in [6, 6.07) is 10.8. The molecule has 0 saturated carbocycles. The van der Waals surface area contributed by atoms with E-state index >= 15 is 0 Å². The summed E-state index contributed by atoms with van der Waals surface area (Å²) in [6.07, 6.45) is 1.65. The lowest BCUT2D eigenvalue weighted by Gasteiger charge is -2.19.